The number of nitrogens with one attached hydrogen (secondary N) is 2. The Labute approximate surface area is 152 Å². The topological polar surface area (TPSA) is 59.1 Å². The molecule has 0 radical (unpaired) electrons. The molecule has 1 aromatic heterocycles. The first-order valence-electron chi connectivity index (χ1n) is 7.87. The van der Waals surface area contributed by atoms with Crippen molar-refractivity contribution in [1.29, 1.82) is 0 Å². The monoisotopic (exact) mass is 354 g/mol. The van der Waals surface area contributed by atoms with Gasteiger partial charge in [-0.25, -0.2) is 4.98 Å². The number of anilines is 3. The minimum absolute atomic E-state index is 0.549. The lowest BCUT2D eigenvalue weighted by Crippen LogP contribution is -2.05. The highest BCUT2D eigenvalue weighted by Crippen LogP contribution is 2.30. The third-order valence-corrected chi connectivity index (χ3v) is 3.85. The molecule has 0 saturated carbocycles. The highest BCUT2D eigenvalue weighted by molar-refractivity contribution is 6.31. The standard InChI is InChI=1S/C19H19ClN4O/c1-13-4-3-5-14(10-13)12-22-19-21-9-8-18(24-19)23-16-11-15(20)6-7-17(16)25-2/h3-11H,12H2,1-2H3,(H2,21,22,23,24). The van der Waals surface area contributed by atoms with Gasteiger partial charge in [0.2, 0.25) is 5.95 Å². The third kappa shape index (κ3) is 4.61. The number of nitrogens with zero attached hydrogens (tertiary/aromatic N) is 2. The van der Waals surface area contributed by atoms with Crippen LogP contribution in [0.5, 0.6) is 5.75 Å². The van der Waals surface area contributed by atoms with Gasteiger partial charge in [0.05, 0.1) is 12.8 Å². The van der Waals surface area contributed by atoms with Gasteiger partial charge in [-0.15, -0.1) is 0 Å². The molecule has 0 saturated heterocycles. The van der Waals surface area contributed by atoms with E-state index in [1.807, 2.05) is 12.1 Å². The van der Waals surface area contributed by atoms with Crippen LogP contribution in [0.3, 0.4) is 0 Å². The zero-order chi connectivity index (χ0) is 17.6. The number of aryl methyl sites for hydroxylation is 1. The summed E-state index contributed by atoms with van der Waals surface area (Å²) in [7, 11) is 1.61. The molecule has 1 heterocycles. The van der Waals surface area contributed by atoms with E-state index in [1.165, 1.54) is 11.1 Å². The number of aromatic nitrogens is 2. The first kappa shape index (κ1) is 17.0. The zero-order valence-corrected chi connectivity index (χ0v) is 14.8. The predicted molar refractivity (Wildman–Crippen MR) is 102 cm³/mol. The van der Waals surface area contributed by atoms with Crippen molar-refractivity contribution in [3.63, 3.8) is 0 Å². The van der Waals surface area contributed by atoms with Gasteiger partial charge in [0, 0.05) is 17.8 Å². The van der Waals surface area contributed by atoms with Crippen molar-refractivity contribution in [2.75, 3.05) is 17.7 Å². The summed E-state index contributed by atoms with van der Waals surface area (Å²) < 4.78 is 5.34. The summed E-state index contributed by atoms with van der Waals surface area (Å²) in [6, 6.07) is 15.5. The molecule has 6 heteroatoms. The maximum Gasteiger partial charge on any atom is 0.224 e. The van der Waals surface area contributed by atoms with Crippen LogP contribution in [-0.2, 0) is 6.54 Å². The Bertz CT molecular complexity index is 870. The Kier molecular flexibility index (Phi) is 5.36. The van der Waals surface area contributed by atoms with Gasteiger partial charge in [0.1, 0.15) is 11.6 Å². The SMILES string of the molecule is COc1ccc(Cl)cc1Nc1ccnc(NCc2cccc(C)c2)n1. The molecule has 0 bridgehead atoms. The van der Waals surface area contributed by atoms with E-state index >= 15 is 0 Å². The second-order valence-corrected chi connectivity index (χ2v) is 6.01. The van der Waals surface area contributed by atoms with Crippen LogP contribution in [0.1, 0.15) is 11.1 Å². The lowest BCUT2D eigenvalue weighted by molar-refractivity contribution is 0.417. The molecule has 0 aliphatic heterocycles. The largest absolute Gasteiger partial charge is 0.495 e. The van der Waals surface area contributed by atoms with Crippen LogP contribution < -0.4 is 15.4 Å². The molecule has 2 N–H and O–H groups in total. The van der Waals surface area contributed by atoms with Crippen molar-refractivity contribution in [1.82, 2.24) is 9.97 Å². The molecule has 25 heavy (non-hydrogen) atoms. The molecule has 0 fully saturated rings. The van der Waals surface area contributed by atoms with Gasteiger partial charge in [-0.1, -0.05) is 41.4 Å². The van der Waals surface area contributed by atoms with Crippen molar-refractivity contribution >= 4 is 29.1 Å². The summed E-state index contributed by atoms with van der Waals surface area (Å²) in [6.07, 6.45) is 1.70. The van der Waals surface area contributed by atoms with Crippen LogP contribution in [0.25, 0.3) is 0 Å². The number of benzene rings is 2. The second-order valence-electron chi connectivity index (χ2n) is 5.58. The molecule has 0 aliphatic rings. The second kappa shape index (κ2) is 7.85. The average Bonchev–Trinajstić information content (AvgIpc) is 2.61. The number of methoxy groups -OCH3 is 1. The minimum atomic E-state index is 0.549. The van der Waals surface area contributed by atoms with E-state index in [0.717, 1.165) is 5.69 Å². The summed E-state index contributed by atoms with van der Waals surface area (Å²) in [5.74, 6) is 1.90. The summed E-state index contributed by atoms with van der Waals surface area (Å²) in [6.45, 7) is 2.73. The highest BCUT2D eigenvalue weighted by atomic mass is 35.5. The molecule has 0 amide bonds. The van der Waals surface area contributed by atoms with E-state index in [0.29, 0.717) is 29.1 Å². The van der Waals surface area contributed by atoms with Crippen LogP contribution in [0.4, 0.5) is 17.5 Å². The lowest BCUT2D eigenvalue weighted by atomic mass is 10.1. The maximum absolute atomic E-state index is 6.06. The van der Waals surface area contributed by atoms with Crippen molar-refractivity contribution < 1.29 is 4.74 Å². The van der Waals surface area contributed by atoms with Crippen LogP contribution >= 0.6 is 11.6 Å². The predicted octanol–water partition coefficient (Wildman–Crippen LogP) is 4.80. The Hall–Kier alpha value is -2.79. The number of rotatable bonds is 6. The molecular weight excluding hydrogens is 336 g/mol. The molecule has 0 atom stereocenters. The van der Waals surface area contributed by atoms with Gasteiger partial charge < -0.3 is 15.4 Å². The van der Waals surface area contributed by atoms with E-state index < -0.39 is 0 Å². The first-order valence-corrected chi connectivity index (χ1v) is 8.25. The van der Waals surface area contributed by atoms with Crippen LogP contribution in [0, 0.1) is 6.92 Å². The zero-order valence-electron chi connectivity index (χ0n) is 14.1. The van der Waals surface area contributed by atoms with E-state index in [-0.39, 0.29) is 0 Å². The van der Waals surface area contributed by atoms with E-state index in [9.17, 15) is 0 Å². The molecule has 0 unspecified atom stereocenters. The van der Waals surface area contributed by atoms with Crippen molar-refractivity contribution in [3.8, 4) is 5.75 Å². The maximum atomic E-state index is 6.06. The average molecular weight is 355 g/mol. The van der Waals surface area contributed by atoms with E-state index in [2.05, 4.69) is 45.7 Å². The normalized spacial score (nSPS) is 10.4. The summed E-state index contributed by atoms with van der Waals surface area (Å²) in [5, 5.41) is 7.07. The van der Waals surface area contributed by atoms with Gasteiger partial charge in [-0.05, 0) is 36.8 Å². The molecule has 2 aromatic carbocycles. The fourth-order valence-corrected chi connectivity index (χ4v) is 2.60. The Morgan fingerprint density at radius 3 is 2.80 bits per heavy atom. The lowest BCUT2D eigenvalue weighted by Gasteiger charge is -2.12. The molecular formula is C19H19ClN4O. The highest BCUT2D eigenvalue weighted by Gasteiger charge is 2.06. The van der Waals surface area contributed by atoms with Gasteiger partial charge in [-0.3, -0.25) is 0 Å². The Morgan fingerprint density at radius 2 is 2.00 bits per heavy atom. The summed E-state index contributed by atoms with van der Waals surface area (Å²) in [4.78, 5) is 8.74. The molecule has 0 spiro atoms. The smallest absolute Gasteiger partial charge is 0.224 e. The fourth-order valence-electron chi connectivity index (χ4n) is 2.43. The number of halogens is 1. The molecule has 3 aromatic rings. The number of hydrogen-bond donors (Lipinski definition) is 2. The van der Waals surface area contributed by atoms with Crippen LogP contribution in [-0.4, -0.2) is 17.1 Å². The van der Waals surface area contributed by atoms with Gasteiger partial charge in [0.15, 0.2) is 0 Å². The van der Waals surface area contributed by atoms with Gasteiger partial charge >= 0.3 is 0 Å². The summed E-state index contributed by atoms with van der Waals surface area (Å²) in [5.41, 5.74) is 3.15. The van der Waals surface area contributed by atoms with Crippen LogP contribution in [0.2, 0.25) is 5.02 Å². The van der Waals surface area contributed by atoms with Gasteiger partial charge in [-0.2, -0.15) is 4.98 Å². The first-order chi connectivity index (χ1) is 12.1. The van der Waals surface area contributed by atoms with Crippen molar-refractivity contribution in [2.45, 2.75) is 13.5 Å². The molecule has 128 valence electrons. The van der Waals surface area contributed by atoms with Crippen LogP contribution in [0.15, 0.2) is 54.7 Å². The fraction of sp³-hybridized carbons (Fsp3) is 0.158. The Morgan fingerprint density at radius 1 is 1.12 bits per heavy atom. The Balaban J connectivity index is 1.72. The number of hydrogen-bond acceptors (Lipinski definition) is 5. The van der Waals surface area contributed by atoms with E-state index in [1.54, 1.807) is 31.5 Å². The molecule has 0 aliphatic carbocycles. The molecule has 3 rings (SSSR count). The molecule has 5 nitrogen and oxygen atoms in total. The number of ether oxygens (including phenoxy) is 1. The quantitative estimate of drug-likeness (QED) is 0.665. The third-order valence-electron chi connectivity index (χ3n) is 3.61. The van der Waals surface area contributed by atoms with Crippen molar-refractivity contribution in [3.05, 3.63) is 70.9 Å². The van der Waals surface area contributed by atoms with Gasteiger partial charge in [0.25, 0.3) is 0 Å². The summed E-state index contributed by atoms with van der Waals surface area (Å²) >= 11 is 6.06. The van der Waals surface area contributed by atoms with Crippen molar-refractivity contribution in [2.24, 2.45) is 0 Å². The van der Waals surface area contributed by atoms with E-state index in [4.69, 9.17) is 16.3 Å². The minimum Gasteiger partial charge on any atom is -0.495 e.